The van der Waals surface area contributed by atoms with Gasteiger partial charge in [0.05, 0.1) is 22.1 Å². The molecule has 0 amide bonds. The maximum atomic E-state index is 6.54. The zero-order chi connectivity index (χ0) is 34.6. The number of hydrogen-bond acceptors (Lipinski definition) is 4. The van der Waals surface area contributed by atoms with Gasteiger partial charge in [0, 0.05) is 43.7 Å². The van der Waals surface area contributed by atoms with Crippen LogP contribution in [0.25, 0.3) is 116 Å². The number of hydrogen-bond donors (Lipinski definition) is 0. The van der Waals surface area contributed by atoms with Gasteiger partial charge < -0.3 is 13.4 Å². The fourth-order valence-electron chi connectivity index (χ4n) is 8.51. The van der Waals surface area contributed by atoms with Crippen molar-refractivity contribution in [3.8, 4) is 28.3 Å². The van der Waals surface area contributed by atoms with Gasteiger partial charge in [0.15, 0.2) is 5.82 Å². The normalized spacial score (nSPS) is 12.2. The Morgan fingerprint density at radius 3 is 1.81 bits per heavy atom. The summed E-state index contributed by atoms with van der Waals surface area (Å²) in [5.74, 6) is 0.587. The molecule has 5 heteroatoms. The van der Waals surface area contributed by atoms with Crippen LogP contribution in [0.1, 0.15) is 0 Å². The van der Waals surface area contributed by atoms with E-state index in [1.807, 2.05) is 48.5 Å². The Kier molecular flexibility index (Phi) is 5.71. The fraction of sp³-hybridized carbons (Fsp3) is 0. The summed E-state index contributed by atoms with van der Waals surface area (Å²) in [6.07, 6.45) is 0. The second-order valence-electron chi connectivity index (χ2n) is 13.7. The summed E-state index contributed by atoms with van der Waals surface area (Å²) in [4.78, 5) is 10.4. The van der Waals surface area contributed by atoms with Crippen LogP contribution >= 0.6 is 0 Å². The van der Waals surface area contributed by atoms with Gasteiger partial charge in [-0.1, -0.05) is 121 Å². The molecule has 246 valence electrons. The molecule has 0 radical (unpaired) electrons. The monoisotopic (exact) mass is 677 g/mol. The molecule has 0 aliphatic rings. The van der Waals surface area contributed by atoms with E-state index in [1.54, 1.807) is 0 Å². The van der Waals surface area contributed by atoms with E-state index < -0.39 is 0 Å². The first-order valence-electron chi connectivity index (χ1n) is 17.8. The highest BCUT2D eigenvalue weighted by atomic mass is 16.3. The van der Waals surface area contributed by atoms with Crippen LogP contribution in [0.4, 0.5) is 0 Å². The van der Waals surface area contributed by atoms with Crippen molar-refractivity contribution >= 4 is 87.4 Å². The average Bonchev–Trinajstić information content (AvgIpc) is 3.90. The van der Waals surface area contributed by atoms with Crippen molar-refractivity contribution in [3.63, 3.8) is 0 Å². The summed E-state index contributed by atoms with van der Waals surface area (Å²) in [7, 11) is 0. The molecular weight excluding hydrogens is 651 g/mol. The number of benzene rings is 8. The maximum Gasteiger partial charge on any atom is 0.231 e. The number of fused-ring (bicyclic) bond motifs is 13. The molecule has 5 nitrogen and oxygen atoms in total. The molecule has 0 unspecified atom stereocenters. The molecular formula is C48H27N3O2. The summed E-state index contributed by atoms with van der Waals surface area (Å²) in [6.45, 7) is 0. The van der Waals surface area contributed by atoms with Gasteiger partial charge in [-0.2, -0.15) is 4.98 Å². The van der Waals surface area contributed by atoms with Crippen molar-refractivity contribution < 1.29 is 8.83 Å². The van der Waals surface area contributed by atoms with Gasteiger partial charge in [0.1, 0.15) is 16.7 Å². The topological polar surface area (TPSA) is 57.0 Å². The van der Waals surface area contributed by atoms with Gasteiger partial charge in [-0.15, -0.1) is 0 Å². The van der Waals surface area contributed by atoms with E-state index in [0.29, 0.717) is 11.5 Å². The Morgan fingerprint density at radius 1 is 0.415 bits per heavy atom. The van der Waals surface area contributed by atoms with Crippen LogP contribution in [0.3, 0.4) is 0 Å². The lowest BCUT2D eigenvalue weighted by Gasteiger charge is -2.10. The molecule has 0 aliphatic heterocycles. The molecule has 4 heterocycles. The SMILES string of the molecule is c1ccc(-c2nc(-c3cccc4oc5ccc(-n6c7ccc8ccccc8c7c7c8ccccc8ccc76)cc5c34)nc3oc4ccccc4c23)cc1. The zero-order valence-corrected chi connectivity index (χ0v) is 28.2. The summed E-state index contributed by atoms with van der Waals surface area (Å²) >= 11 is 0. The predicted molar refractivity (Wildman–Crippen MR) is 217 cm³/mol. The first-order chi connectivity index (χ1) is 26.3. The largest absolute Gasteiger partial charge is 0.456 e. The smallest absolute Gasteiger partial charge is 0.231 e. The highest BCUT2D eigenvalue weighted by molar-refractivity contribution is 6.28. The van der Waals surface area contributed by atoms with E-state index >= 15 is 0 Å². The molecule has 4 aromatic heterocycles. The molecule has 0 N–H and O–H groups in total. The minimum Gasteiger partial charge on any atom is -0.456 e. The highest BCUT2D eigenvalue weighted by Crippen LogP contribution is 2.43. The minimum absolute atomic E-state index is 0.560. The third-order valence-corrected chi connectivity index (χ3v) is 10.8. The Bertz CT molecular complexity index is 3370. The minimum atomic E-state index is 0.560. The average molecular weight is 678 g/mol. The van der Waals surface area contributed by atoms with Crippen LogP contribution in [0.5, 0.6) is 0 Å². The van der Waals surface area contributed by atoms with Gasteiger partial charge in [-0.3, -0.25) is 0 Å². The van der Waals surface area contributed by atoms with Crippen molar-refractivity contribution in [2.75, 3.05) is 0 Å². The van der Waals surface area contributed by atoms with Crippen molar-refractivity contribution in [3.05, 3.63) is 164 Å². The standard InChI is InChI=1S/C48H27N3O2/c1-2-13-30(14-3-1)46-45-34-17-8-9-19-39(34)53-48(45)50-47(49-46)35-18-10-20-41-42(35)36-27-31(23-26-40(36)52-41)51-37-24-21-28-11-4-6-15-32(28)43(37)44-33-16-7-5-12-29(33)22-25-38(44)51/h1-27H. The summed E-state index contributed by atoms with van der Waals surface area (Å²) in [5.41, 5.74) is 9.04. The number of aromatic nitrogens is 3. The van der Waals surface area contributed by atoms with Crippen LogP contribution in [0.15, 0.2) is 173 Å². The van der Waals surface area contributed by atoms with E-state index in [1.165, 1.54) is 32.3 Å². The van der Waals surface area contributed by atoms with Crippen molar-refractivity contribution in [2.45, 2.75) is 0 Å². The highest BCUT2D eigenvalue weighted by Gasteiger charge is 2.22. The van der Waals surface area contributed by atoms with Crippen molar-refractivity contribution in [1.82, 2.24) is 14.5 Å². The van der Waals surface area contributed by atoms with Crippen LogP contribution in [0, 0.1) is 0 Å². The molecule has 0 spiro atoms. The van der Waals surface area contributed by atoms with E-state index in [4.69, 9.17) is 18.8 Å². The number of rotatable bonds is 3. The summed E-state index contributed by atoms with van der Waals surface area (Å²) < 4.78 is 15.3. The second-order valence-corrected chi connectivity index (χ2v) is 13.7. The van der Waals surface area contributed by atoms with Gasteiger partial charge in [-0.05, 0) is 64.0 Å². The lowest BCUT2D eigenvalue weighted by Crippen LogP contribution is -1.95. The van der Waals surface area contributed by atoms with E-state index in [-0.39, 0.29) is 0 Å². The first kappa shape index (κ1) is 28.5. The molecule has 0 aliphatic carbocycles. The number of nitrogens with zero attached hydrogens (tertiary/aromatic N) is 3. The molecule has 8 aromatic carbocycles. The van der Waals surface area contributed by atoms with Gasteiger partial charge in [0.25, 0.3) is 0 Å². The lowest BCUT2D eigenvalue weighted by molar-refractivity contribution is 0.653. The van der Waals surface area contributed by atoms with Gasteiger partial charge >= 0.3 is 0 Å². The molecule has 12 rings (SSSR count). The molecule has 0 bridgehead atoms. The number of furan rings is 2. The molecule has 0 fully saturated rings. The van der Waals surface area contributed by atoms with Crippen LogP contribution in [-0.4, -0.2) is 14.5 Å². The van der Waals surface area contributed by atoms with Crippen molar-refractivity contribution in [2.24, 2.45) is 0 Å². The number of para-hydroxylation sites is 1. The van der Waals surface area contributed by atoms with Gasteiger partial charge in [-0.25, -0.2) is 4.98 Å². The third-order valence-electron chi connectivity index (χ3n) is 10.8. The first-order valence-corrected chi connectivity index (χ1v) is 17.8. The summed E-state index contributed by atoms with van der Waals surface area (Å²) in [6, 6.07) is 57.3. The maximum absolute atomic E-state index is 6.54. The van der Waals surface area contributed by atoms with E-state index in [0.717, 1.165) is 71.8 Å². The molecule has 0 atom stereocenters. The van der Waals surface area contributed by atoms with Crippen LogP contribution in [0.2, 0.25) is 0 Å². The Balaban J connectivity index is 1.15. The zero-order valence-electron chi connectivity index (χ0n) is 28.2. The van der Waals surface area contributed by atoms with Gasteiger partial charge in [0.2, 0.25) is 5.71 Å². The molecule has 12 aromatic rings. The summed E-state index contributed by atoms with van der Waals surface area (Å²) in [5, 5.41) is 11.3. The fourth-order valence-corrected chi connectivity index (χ4v) is 8.51. The van der Waals surface area contributed by atoms with E-state index in [2.05, 4.69) is 120 Å². The molecule has 53 heavy (non-hydrogen) atoms. The van der Waals surface area contributed by atoms with Crippen LogP contribution in [-0.2, 0) is 0 Å². The quantitative estimate of drug-likeness (QED) is 0.187. The molecule has 0 saturated carbocycles. The molecule has 0 saturated heterocycles. The predicted octanol–water partition coefficient (Wildman–Crippen LogP) is 13.0. The Labute approximate surface area is 302 Å². The van der Waals surface area contributed by atoms with Crippen LogP contribution < -0.4 is 0 Å². The second kappa shape index (κ2) is 10.6. The lowest BCUT2D eigenvalue weighted by atomic mass is 10.00. The third kappa shape index (κ3) is 4.02. The Morgan fingerprint density at radius 2 is 1.06 bits per heavy atom. The van der Waals surface area contributed by atoms with E-state index in [9.17, 15) is 0 Å². The van der Waals surface area contributed by atoms with Crippen molar-refractivity contribution in [1.29, 1.82) is 0 Å². The Hall–Kier alpha value is -7.24.